The van der Waals surface area contributed by atoms with Crippen LogP contribution in [0.2, 0.25) is 0 Å². The smallest absolute Gasteiger partial charge is 0.234 e. The summed E-state index contributed by atoms with van der Waals surface area (Å²) < 4.78 is 10.8. The molecule has 1 amide bonds. The van der Waals surface area contributed by atoms with Gasteiger partial charge in [0.25, 0.3) is 0 Å². The first kappa shape index (κ1) is 20.9. The van der Waals surface area contributed by atoms with E-state index in [9.17, 15) is 14.9 Å². The van der Waals surface area contributed by atoms with Crippen molar-refractivity contribution in [1.29, 1.82) is 5.26 Å². The van der Waals surface area contributed by atoms with Crippen LogP contribution in [0.3, 0.4) is 0 Å². The lowest BCUT2D eigenvalue weighted by Gasteiger charge is -2.33. The Labute approximate surface area is 184 Å². The summed E-state index contributed by atoms with van der Waals surface area (Å²) in [5.74, 6) is 0.196. The second-order valence-electron chi connectivity index (χ2n) is 7.29. The van der Waals surface area contributed by atoms with Gasteiger partial charge in [0.1, 0.15) is 22.3 Å². The third kappa shape index (κ3) is 4.42. The molecule has 2 unspecified atom stereocenters. The number of methoxy groups -OCH3 is 1. The van der Waals surface area contributed by atoms with Crippen molar-refractivity contribution in [2.24, 2.45) is 10.9 Å². The molecule has 1 aromatic carbocycles. The number of benzene rings is 1. The number of nitrogens with one attached hydrogen (secondary N) is 1. The fraction of sp³-hybridized carbons (Fsp3) is 0.304. The highest BCUT2D eigenvalue weighted by Gasteiger charge is 2.43. The highest BCUT2D eigenvalue weighted by atomic mass is 32.2. The lowest BCUT2D eigenvalue weighted by atomic mass is 9.72. The number of anilines is 1. The first-order valence-corrected chi connectivity index (χ1v) is 10.9. The van der Waals surface area contributed by atoms with E-state index in [4.69, 9.17) is 9.15 Å². The average molecular weight is 436 g/mol. The maximum atomic E-state index is 12.7. The minimum absolute atomic E-state index is 0.0813. The van der Waals surface area contributed by atoms with Crippen molar-refractivity contribution in [3.05, 3.63) is 59.0 Å². The van der Waals surface area contributed by atoms with Crippen molar-refractivity contribution in [3.8, 4) is 11.8 Å². The van der Waals surface area contributed by atoms with Crippen LogP contribution in [0.15, 0.2) is 62.7 Å². The lowest BCUT2D eigenvalue weighted by molar-refractivity contribution is -0.122. The van der Waals surface area contributed by atoms with E-state index in [2.05, 4.69) is 16.4 Å². The topological polar surface area (TPSA) is 105 Å². The number of thioether (sulfide) groups is 1. The molecule has 1 aromatic heterocycles. The van der Waals surface area contributed by atoms with Crippen molar-refractivity contribution in [2.45, 2.75) is 25.2 Å². The van der Waals surface area contributed by atoms with E-state index in [0.717, 1.165) is 12.1 Å². The van der Waals surface area contributed by atoms with Crippen LogP contribution >= 0.6 is 11.8 Å². The molecule has 0 saturated heterocycles. The maximum absolute atomic E-state index is 12.7. The second-order valence-corrected chi connectivity index (χ2v) is 8.26. The van der Waals surface area contributed by atoms with Crippen LogP contribution in [0.4, 0.5) is 5.69 Å². The number of carbonyl (C=O) groups is 2. The third-order valence-corrected chi connectivity index (χ3v) is 6.34. The van der Waals surface area contributed by atoms with E-state index in [-0.39, 0.29) is 17.4 Å². The Balaban J connectivity index is 1.56. The minimum atomic E-state index is -0.496. The average Bonchev–Trinajstić information content (AvgIpc) is 3.31. The summed E-state index contributed by atoms with van der Waals surface area (Å²) >= 11 is 1.20. The highest BCUT2D eigenvalue weighted by Crippen LogP contribution is 2.45. The standard InChI is InChI=1S/C23H21N3O4S/c1-29-15-6-2-5-14(11-15)25-20(28)13-31-23-16(12-24)21(19-9-4-10-30-19)22-17(26-23)7-3-8-18(22)27/h2,4-6,9-11,21-22H,3,7-8,13H2,1H3,(H,25,28). The zero-order valence-electron chi connectivity index (χ0n) is 17.0. The van der Waals surface area contributed by atoms with Gasteiger partial charge in [0.05, 0.1) is 42.6 Å². The van der Waals surface area contributed by atoms with Crippen molar-refractivity contribution in [3.63, 3.8) is 0 Å². The molecule has 31 heavy (non-hydrogen) atoms. The molecule has 7 nitrogen and oxygen atoms in total. The SMILES string of the molecule is COc1cccc(NC(=O)CSC2=C(C#N)C(c3ccco3)C3C(=O)CCCC3=N2)c1. The van der Waals surface area contributed by atoms with Gasteiger partial charge in [-0.3, -0.25) is 9.59 Å². The molecule has 0 radical (unpaired) electrons. The monoisotopic (exact) mass is 435 g/mol. The van der Waals surface area contributed by atoms with Gasteiger partial charge in [-0.1, -0.05) is 17.8 Å². The normalized spacial score (nSPS) is 20.5. The van der Waals surface area contributed by atoms with Crippen LogP contribution in [0, 0.1) is 17.2 Å². The summed E-state index contributed by atoms with van der Waals surface area (Å²) in [5, 5.41) is 13.2. The van der Waals surface area contributed by atoms with Gasteiger partial charge in [0, 0.05) is 23.9 Å². The summed E-state index contributed by atoms with van der Waals surface area (Å²) in [6.07, 6.45) is 3.46. The predicted octanol–water partition coefficient (Wildman–Crippen LogP) is 4.30. The lowest BCUT2D eigenvalue weighted by Crippen LogP contribution is -2.37. The van der Waals surface area contributed by atoms with Crippen LogP contribution in [-0.4, -0.2) is 30.3 Å². The molecule has 0 bridgehead atoms. The Morgan fingerprint density at radius 2 is 2.19 bits per heavy atom. The van der Waals surface area contributed by atoms with Crippen molar-refractivity contribution < 1.29 is 18.7 Å². The van der Waals surface area contributed by atoms with Gasteiger partial charge in [-0.2, -0.15) is 5.26 Å². The number of nitriles is 1. The summed E-state index contributed by atoms with van der Waals surface area (Å²) in [6.45, 7) is 0. The number of nitrogens with zero attached hydrogens (tertiary/aromatic N) is 2. The third-order valence-electron chi connectivity index (χ3n) is 5.35. The molecule has 158 valence electrons. The van der Waals surface area contributed by atoms with E-state index < -0.39 is 11.8 Å². The molecule has 1 aliphatic carbocycles. The number of ether oxygens (including phenoxy) is 1. The molecule has 8 heteroatoms. The van der Waals surface area contributed by atoms with Gasteiger partial charge in [0.2, 0.25) is 5.91 Å². The van der Waals surface area contributed by atoms with Gasteiger partial charge in [-0.05, 0) is 37.1 Å². The molecule has 2 atom stereocenters. The minimum Gasteiger partial charge on any atom is -0.497 e. The molecule has 1 fully saturated rings. The summed E-state index contributed by atoms with van der Waals surface area (Å²) in [5.41, 5.74) is 1.77. The number of hydrogen-bond acceptors (Lipinski definition) is 7. The van der Waals surface area contributed by atoms with E-state index in [1.165, 1.54) is 18.0 Å². The Morgan fingerprint density at radius 1 is 1.32 bits per heavy atom. The quantitative estimate of drug-likeness (QED) is 0.725. The zero-order chi connectivity index (χ0) is 21.8. The first-order valence-electron chi connectivity index (χ1n) is 9.95. The number of hydrogen-bond donors (Lipinski definition) is 1. The zero-order valence-corrected chi connectivity index (χ0v) is 17.8. The number of furan rings is 1. The summed E-state index contributed by atoms with van der Waals surface area (Å²) in [7, 11) is 1.56. The van der Waals surface area contributed by atoms with Gasteiger partial charge in [-0.25, -0.2) is 4.99 Å². The number of ketones is 1. The van der Waals surface area contributed by atoms with Crippen LogP contribution in [0.5, 0.6) is 5.75 Å². The fourth-order valence-corrected chi connectivity index (χ4v) is 4.82. The van der Waals surface area contributed by atoms with Gasteiger partial charge >= 0.3 is 0 Å². The molecule has 1 saturated carbocycles. The van der Waals surface area contributed by atoms with Crippen LogP contribution in [0.25, 0.3) is 0 Å². The number of carbonyl (C=O) groups excluding carboxylic acids is 2. The van der Waals surface area contributed by atoms with Gasteiger partial charge < -0.3 is 14.5 Å². The molecule has 1 N–H and O–H groups in total. The van der Waals surface area contributed by atoms with Crippen molar-refractivity contribution >= 4 is 34.9 Å². The summed E-state index contributed by atoms with van der Waals surface area (Å²) in [6, 6.07) is 12.8. The molecule has 0 spiro atoms. The van der Waals surface area contributed by atoms with E-state index in [1.807, 2.05) is 0 Å². The maximum Gasteiger partial charge on any atom is 0.234 e. The van der Waals surface area contributed by atoms with Gasteiger partial charge in [-0.15, -0.1) is 0 Å². The van der Waals surface area contributed by atoms with Gasteiger partial charge in [0.15, 0.2) is 0 Å². The number of rotatable bonds is 6. The molecular formula is C23H21N3O4S. The van der Waals surface area contributed by atoms with E-state index in [1.54, 1.807) is 43.5 Å². The van der Waals surface area contributed by atoms with E-state index in [0.29, 0.717) is 40.6 Å². The van der Waals surface area contributed by atoms with Crippen LogP contribution < -0.4 is 10.1 Å². The number of Topliss-reactive ketones (excluding diaryl/α,β-unsaturated/α-hetero) is 1. The number of allylic oxidation sites excluding steroid dienone is 1. The molecule has 2 aliphatic rings. The molecule has 2 heterocycles. The van der Waals surface area contributed by atoms with E-state index >= 15 is 0 Å². The molecule has 2 aromatic rings. The highest BCUT2D eigenvalue weighted by molar-refractivity contribution is 8.03. The van der Waals surface area contributed by atoms with Crippen LogP contribution in [0.1, 0.15) is 30.9 Å². The van der Waals surface area contributed by atoms with Crippen molar-refractivity contribution in [1.82, 2.24) is 0 Å². The predicted molar refractivity (Wildman–Crippen MR) is 118 cm³/mol. The van der Waals surface area contributed by atoms with Crippen LogP contribution in [-0.2, 0) is 9.59 Å². The Morgan fingerprint density at radius 3 is 2.94 bits per heavy atom. The Hall–Kier alpha value is -3.31. The summed E-state index contributed by atoms with van der Waals surface area (Å²) in [4.78, 5) is 29.8. The second kappa shape index (κ2) is 9.23. The first-order chi connectivity index (χ1) is 15.1. The Bertz CT molecular complexity index is 1100. The molecule has 4 rings (SSSR count). The fourth-order valence-electron chi connectivity index (χ4n) is 3.97. The molecular weight excluding hydrogens is 414 g/mol. The number of fused-ring (bicyclic) bond motifs is 1. The molecule has 1 aliphatic heterocycles. The number of amides is 1. The largest absolute Gasteiger partial charge is 0.497 e. The Kier molecular flexibility index (Phi) is 6.23. The number of aliphatic imine (C=N–C) groups is 1. The van der Waals surface area contributed by atoms with Crippen molar-refractivity contribution in [2.75, 3.05) is 18.2 Å².